The van der Waals surface area contributed by atoms with E-state index < -0.39 is 5.92 Å². The number of Topliss-reactive ketones (excluding diaryl/α,β-unsaturated/α-hetero) is 2. The number of halogens is 2. The molecule has 5 rings (SSSR count). The second kappa shape index (κ2) is 10.1. The number of rotatable bonds is 5. The zero-order valence-electron chi connectivity index (χ0n) is 18.9. The van der Waals surface area contributed by atoms with Crippen LogP contribution in [0.15, 0.2) is 74.1 Å². The maximum Gasteiger partial charge on any atom is 0.262 e. The lowest BCUT2D eigenvalue weighted by Gasteiger charge is -2.36. The molecule has 0 bridgehead atoms. The van der Waals surface area contributed by atoms with Crippen molar-refractivity contribution < 1.29 is 23.9 Å². The van der Waals surface area contributed by atoms with E-state index in [9.17, 15) is 14.4 Å². The number of hydrogen-bond donors (Lipinski definition) is 1. The molecule has 1 amide bonds. The molecule has 0 saturated heterocycles. The molecule has 2 aliphatic carbocycles. The van der Waals surface area contributed by atoms with E-state index in [0.717, 1.165) is 18.4 Å². The fourth-order valence-electron chi connectivity index (χ4n) is 4.89. The first-order chi connectivity index (χ1) is 16.9. The smallest absolute Gasteiger partial charge is 0.262 e. The first-order valence-corrected chi connectivity index (χ1v) is 13.2. The molecule has 0 saturated carbocycles. The molecule has 0 unspecified atom stereocenters. The lowest BCUT2D eigenvalue weighted by Crippen LogP contribution is -2.30. The second-order valence-electron chi connectivity index (χ2n) is 8.78. The van der Waals surface area contributed by atoms with Crippen molar-refractivity contribution >= 4 is 55.0 Å². The summed E-state index contributed by atoms with van der Waals surface area (Å²) in [6.07, 6.45) is 3.81. The number of nitrogens with one attached hydrogen (secondary N) is 1. The van der Waals surface area contributed by atoms with Gasteiger partial charge in [0.05, 0.1) is 8.95 Å². The number of amides is 1. The summed E-state index contributed by atoms with van der Waals surface area (Å²) in [5, 5.41) is 2.79. The fourth-order valence-corrected chi connectivity index (χ4v) is 6.34. The van der Waals surface area contributed by atoms with Gasteiger partial charge < -0.3 is 14.8 Å². The van der Waals surface area contributed by atoms with E-state index >= 15 is 0 Å². The van der Waals surface area contributed by atoms with Gasteiger partial charge in [0, 0.05) is 48.4 Å². The van der Waals surface area contributed by atoms with Crippen molar-refractivity contribution in [3.05, 3.63) is 79.6 Å². The van der Waals surface area contributed by atoms with Crippen LogP contribution in [0.25, 0.3) is 0 Å². The standard InChI is InChI=1S/C27H23Br2NO5/c28-17-12-15(13-18(29)27(17)34-14-23(33)30-16-6-2-1-3-7-16)24-25-19(31)8-4-10-21(25)35-22-11-5-9-20(32)26(22)24/h1-3,6-7,12-13,24H,4-5,8-11,14H2,(H,30,33). The Morgan fingerprint density at radius 2 is 1.49 bits per heavy atom. The first-order valence-electron chi connectivity index (χ1n) is 11.6. The lowest BCUT2D eigenvalue weighted by atomic mass is 9.73. The van der Waals surface area contributed by atoms with Gasteiger partial charge in [-0.25, -0.2) is 0 Å². The molecule has 2 aromatic rings. The molecule has 0 fully saturated rings. The lowest BCUT2D eigenvalue weighted by molar-refractivity contribution is -0.119. The van der Waals surface area contributed by atoms with Crippen molar-refractivity contribution in [1.82, 2.24) is 0 Å². The summed E-state index contributed by atoms with van der Waals surface area (Å²) in [6.45, 7) is -0.176. The van der Waals surface area contributed by atoms with Gasteiger partial charge in [0.15, 0.2) is 18.2 Å². The Morgan fingerprint density at radius 3 is 2.06 bits per heavy atom. The number of hydrogen-bond acceptors (Lipinski definition) is 5. The monoisotopic (exact) mass is 599 g/mol. The zero-order chi connectivity index (χ0) is 24.5. The van der Waals surface area contributed by atoms with Crippen LogP contribution in [-0.4, -0.2) is 24.1 Å². The third-order valence-corrected chi connectivity index (χ3v) is 7.58. The molecule has 0 aromatic heterocycles. The fraction of sp³-hybridized carbons (Fsp3) is 0.296. The van der Waals surface area contributed by atoms with Crippen molar-refractivity contribution in [2.75, 3.05) is 11.9 Å². The number of allylic oxidation sites excluding steroid dienone is 4. The van der Waals surface area contributed by atoms with Gasteiger partial charge >= 0.3 is 0 Å². The third kappa shape index (κ3) is 4.86. The molecule has 1 N–H and O–H groups in total. The largest absolute Gasteiger partial charge is 0.481 e. The number of anilines is 1. The molecule has 1 heterocycles. The predicted molar refractivity (Wildman–Crippen MR) is 138 cm³/mol. The summed E-state index contributed by atoms with van der Waals surface area (Å²) in [5.74, 6) is 1.19. The molecule has 8 heteroatoms. The predicted octanol–water partition coefficient (Wildman–Crippen LogP) is 6.36. The molecule has 35 heavy (non-hydrogen) atoms. The number of ether oxygens (including phenoxy) is 2. The summed E-state index contributed by atoms with van der Waals surface area (Å²) in [7, 11) is 0. The normalized spacial score (nSPS) is 18.1. The van der Waals surface area contributed by atoms with Crippen molar-refractivity contribution in [3.63, 3.8) is 0 Å². The van der Waals surface area contributed by atoms with E-state index in [1.165, 1.54) is 0 Å². The first kappa shape index (κ1) is 24.0. The molecule has 3 aliphatic rings. The minimum atomic E-state index is -0.461. The average Bonchev–Trinajstić information content (AvgIpc) is 2.83. The molecular formula is C27H23Br2NO5. The number of carbonyl (C=O) groups excluding carboxylic acids is 3. The molecule has 0 atom stereocenters. The topological polar surface area (TPSA) is 81.7 Å². The minimum absolute atomic E-state index is 0.0336. The Bertz CT molecular complexity index is 1220. The molecule has 2 aromatic carbocycles. The van der Waals surface area contributed by atoms with Crippen LogP contribution in [0.2, 0.25) is 0 Å². The zero-order valence-corrected chi connectivity index (χ0v) is 22.0. The van der Waals surface area contributed by atoms with E-state index in [4.69, 9.17) is 9.47 Å². The number of carbonyl (C=O) groups is 3. The highest BCUT2D eigenvalue weighted by Gasteiger charge is 2.42. The van der Waals surface area contributed by atoms with Gasteiger partial charge in [-0.15, -0.1) is 0 Å². The second-order valence-corrected chi connectivity index (χ2v) is 10.5. The average molecular weight is 601 g/mol. The van der Waals surface area contributed by atoms with Crippen LogP contribution in [0.4, 0.5) is 5.69 Å². The quantitative estimate of drug-likeness (QED) is 0.432. The molecule has 0 spiro atoms. The van der Waals surface area contributed by atoms with Crippen molar-refractivity contribution in [2.24, 2.45) is 0 Å². The summed E-state index contributed by atoms with van der Waals surface area (Å²) >= 11 is 7.14. The highest BCUT2D eigenvalue weighted by molar-refractivity contribution is 9.11. The Hall–Kier alpha value is -2.71. The Balaban J connectivity index is 1.44. The summed E-state index contributed by atoms with van der Waals surface area (Å²) in [5.41, 5.74) is 2.69. The number of para-hydroxylation sites is 1. The van der Waals surface area contributed by atoms with Crippen LogP contribution in [-0.2, 0) is 19.1 Å². The van der Waals surface area contributed by atoms with Gasteiger partial charge in [0.2, 0.25) is 0 Å². The van der Waals surface area contributed by atoms with Crippen molar-refractivity contribution in [3.8, 4) is 5.75 Å². The Kier molecular flexibility index (Phi) is 6.93. The van der Waals surface area contributed by atoms with Crippen LogP contribution in [0, 0.1) is 0 Å². The van der Waals surface area contributed by atoms with Crippen LogP contribution in [0.1, 0.15) is 50.0 Å². The molecule has 0 radical (unpaired) electrons. The van der Waals surface area contributed by atoms with Crippen LogP contribution >= 0.6 is 31.9 Å². The summed E-state index contributed by atoms with van der Waals surface area (Å²) in [4.78, 5) is 38.3. The van der Waals surface area contributed by atoms with Gasteiger partial charge in [0.1, 0.15) is 17.3 Å². The third-order valence-electron chi connectivity index (χ3n) is 6.40. The molecule has 180 valence electrons. The molecular weight excluding hydrogens is 578 g/mol. The number of ketones is 2. The Morgan fingerprint density at radius 1 is 0.914 bits per heavy atom. The van der Waals surface area contributed by atoms with E-state index in [1.807, 2.05) is 30.3 Å². The van der Waals surface area contributed by atoms with Crippen LogP contribution < -0.4 is 10.1 Å². The van der Waals surface area contributed by atoms with Crippen LogP contribution in [0.5, 0.6) is 5.75 Å². The van der Waals surface area contributed by atoms with Gasteiger partial charge in [-0.05, 0) is 74.5 Å². The van der Waals surface area contributed by atoms with E-state index in [0.29, 0.717) is 68.7 Å². The number of benzene rings is 2. The van der Waals surface area contributed by atoms with Crippen molar-refractivity contribution in [2.45, 2.75) is 44.4 Å². The summed E-state index contributed by atoms with van der Waals surface area (Å²) < 4.78 is 13.2. The van der Waals surface area contributed by atoms with Gasteiger partial charge in [-0.2, -0.15) is 0 Å². The highest BCUT2D eigenvalue weighted by Crippen LogP contribution is 2.49. The maximum absolute atomic E-state index is 13.0. The summed E-state index contributed by atoms with van der Waals surface area (Å²) in [6, 6.07) is 12.9. The Labute approximate surface area is 220 Å². The SMILES string of the molecule is O=C(COc1c(Br)cc(C2C3=C(CCCC3=O)OC3=C2C(=O)CCC3)cc1Br)Nc1ccccc1. The van der Waals surface area contributed by atoms with Gasteiger partial charge in [-0.3, -0.25) is 14.4 Å². The van der Waals surface area contributed by atoms with E-state index in [-0.39, 0.29) is 24.1 Å². The van der Waals surface area contributed by atoms with E-state index in [2.05, 4.69) is 37.2 Å². The molecule has 6 nitrogen and oxygen atoms in total. The van der Waals surface area contributed by atoms with Gasteiger partial charge in [0.25, 0.3) is 5.91 Å². The van der Waals surface area contributed by atoms with Crippen LogP contribution in [0.3, 0.4) is 0 Å². The maximum atomic E-state index is 13.0. The molecule has 1 aliphatic heterocycles. The highest BCUT2D eigenvalue weighted by atomic mass is 79.9. The minimum Gasteiger partial charge on any atom is -0.481 e. The van der Waals surface area contributed by atoms with E-state index in [1.54, 1.807) is 12.1 Å². The van der Waals surface area contributed by atoms with Crippen molar-refractivity contribution in [1.29, 1.82) is 0 Å². The van der Waals surface area contributed by atoms with Gasteiger partial charge in [-0.1, -0.05) is 18.2 Å².